The van der Waals surface area contributed by atoms with Crippen LogP contribution in [0.3, 0.4) is 0 Å². The van der Waals surface area contributed by atoms with E-state index in [4.69, 9.17) is 4.42 Å². The highest BCUT2D eigenvalue weighted by molar-refractivity contribution is 9.10. The van der Waals surface area contributed by atoms with Gasteiger partial charge in [0.1, 0.15) is 6.26 Å². The van der Waals surface area contributed by atoms with Gasteiger partial charge in [0, 0.05) is 24.6 Å². The van der Waals surface area contributed by atoms with Crippen LogP contribution in [0.5, 0.6) is 0 Å². The SMILES string of the molecule is CCCNCc1coc(N(C)Cc2ccccc2Br)n1. The Bertz CT molecular complexity index is 541. The van der Waals surface area contributed by atoms with Crippen LogP contribution in [0.1, 0.15) is 24.6 Å². The molecule has 4 nitrogen and oxygen atoms in total. The van der Waals surface area contributed by atoms with E-state index >= 15 is 0 Å². The van der Waals surface area contributed by atoms with Crippen LogP contribution in [0.4, 0.5) is 6.01 Å². The van der Waals surface area contributed by atoms with Crippen molar-refractivity contribution in [2.75, 3.05) is 18.5 Å². The van der Waals surface area contributed by atoms with Crippen molar-refractivity contribution in [1.29, 1.82) is 0 Å². The fourth-order valence-electron chi connectivity index (χ4n) is 1.90. The Morgan fingerprint density at radius 2 is 2.15 bits per heavy atom. The third-order valence-electron chi connectivity index (χ3n) is 2.96. The molecule has 0 unspecified atom stereocenters. The molecule has 0 spiro atoms. The van der Waals surface area contributed by atoms with Crippen molar-refractivity contribution >= 4 is 21.9 Å². The van der Waals surface area contributed by atoms with Crippen LogP contribution in [-0.4, -0.2) is 18.6 Å². The van der Waals surface area contributed by atoms with Gasteiger partial charge in [0.25, 0.3) is 6.01 Å². The van der Waals surface area contributed by atoms with Crippen LogP contribution in [-0.2, 0) is 13.1 Å². The fourth-order valence-corrected chi connectivity index (χ4v) is 2.31. The van der Waals surface area contributed by atoms with E-state index in [0.717, 1.165) is 36.2 Å². The first kappa shape index (κ1) is 15.1. The number of aromatic nitrogens is 1. The molecule has 0 aliphatic carbocycles. The average molecular weight is 338 g/mol. The van der Waals surface area contributed by atoms with Crippen LogP contribution in [0.2, 0.25) is 0 Å². The molecule has 0 atom stereocenters. The van der Waals surface area contributed by atoms with Crippen LogP contribution in [0.15, 0.2) is 39.4 Å². The quantitative estimate of drug-likeness (QED) is 0.784. The maximum atomic E-state index is 5.53. The van der Waals surface area contributed by atoms with Gasteiger partial charge in [-0.05, 0) is 24.6 Å². The highest BCUT2D eigenvalue weighted by Crippen LogP contribution is 2.20. The van der Waals surface area contributed by atoms with E-state index in [9.17, 15) is 0 Å². The van der Waals surface area contributed by atoms with Gasteiger partial charge in [0.05, 0.1) is 5.69 Å². The van der Waals surface area contributed by atoms with Crippen molar-refractivity contribution in [3.05, 3.63) is 46.3 Å². The van der Waals surface area contributed by atoms with Gasteiger partial charge in [-0.15, -0.1) is 0 Å². The molecular weight excluding hydrogens is 318 g/mol. The standard InChI is InChI=1S/C15H20BrN3O/c1-3-8-17-9-13-11-20-15(18-13)19(2)10-12-6-4-5-7-14(12)16/h4-7,11,17H,3,8-10H2,1-2H3. The van der Waals surface area contributed by atoms with Crippen LogP contribution in [0.25, 0.3) is 0 Å². The van der Waals surface area contributed by atoms with Crippen molar-refractivity contribution in [2.24, 2.45) is 0 Å². The number of rotatable bonds is 7. The van der Waals surface area contributed by atoms with E-state index in [0.29, 0.717) is 6.01 Å². The van der Waals surface area contributed by atoms with Crippen molar-refractivity contribution in [3.63, 3.8) is 0 Å². The Morgan fingerprint density at radius 1 is 1.35 bits per heavy atom. The summed E-state index contributed by atoms with van der Waals surface area (Å²) in [4.78, 5) is 6.49. The lowest BCUT2D eigenvalue weighted by atomic mass is 10.2. The number of nitrogens with zero attached hydrogens (tertiary/aromatic N) is 2. The Hall–Kier alpha value is -1.33. The molecule has 1 heterocycles. The first-order valence-electron chi connectivity index (χ1n) is 6.80. The first-order chi connectivity index (χ1) is 9.70. The summed E-state index contributed by atoms with van der Waals surface area (Å²) in [6, 6.07) is 8.82. The molecule has 0 aliphatic heterocycles. The van der Waals surface area contributed by atoms with Crippen molar-refractivity contribution in [1.82, 2.24) is 10.3 Å². The molecule has 0 radical (unpaired) electrons. The third-order valence-corrected chi connectivity index (χ3v) is 3.74. The number of benzene rings is 1. The lowest BCUT2D eigenvalue weighted by Crippen LogP contribution is -2.18. The predicted molar refractivity (Wildman–Crippen MR) is 84.7 cm³/mol. The van der Waals surface area contributed by atoms with Gasteiger partial charge in [-0.2, -0.15) is 4.98 Å². The molecule has 1 aromatic heterocycles. The zero-order valence-electron chi connectivity index (χ0n) is 11.9. The second kappa shape index (κ2) is 7.45. The predicted octanol–water partition coefficient (Wildman–Crippen LogP) is 3.57. The van der Waals surface area contributed by atoms with Gasteiger partial charge < -0.3 is 14.6 Å². The largest absolute Gasteiger partial charge is 0.432 e. The number of oxazole rings is 1. The third kappa shape index (κ3) is 4.08. The smallest absolute Gasteiger partial charge is 0.297 e. The number of anilines is 1. The van der Waals surface area contributed by atoms with Crippen molar-refractivity contribution < 1.29 is 4.42 Å². The fraction of sp³-hybridized carbons (Fsp3) is 0.400. The normalized spacial score (nSPS) is 10.8. The molecule has 2 rings (SSSR count). The molecule has 0 bridgehead atoms. The molecule has 108 valence electrons. The zero-order valence-corrected chi connectivity index (χ0v) is 13.5. The lowest BCUT2D eigenvalue weighted by molar-refractivity contribution is 0.542. The van der Waals surface area contributed by atoms with E-state index < -0.39 is 0 Å². The molecule has 0 amide bonds. The molecular formula is C15H20BrN3O. The van der Waals surface area contributed by atoms with Crippen LogP contribution in [0, 0.1) is 0 Å². The Labute approximate surface area is 128 Å². The van der Waals surface area contributed by atoms with E-state index in [1.165, 1.54) is 5.56 Å². The second-order valence-corrected chi connectivity index (χ2v) is 5.60. The van der Waals surface area contributed by atoms with Crippen LogP contribution >= 0.6 is 15.9 Å². The van der Waals surface area contributed by atoms with Gasteiger partial charge in [-0.25, -0.2) is 0 Å². The monoisotopic (exact) mass is 337 g/mol. The highest BCUT2D eigenvalue weighted by Gasteiger charge is 2.10. The number of halogens is 1. The molecule has 20 heavy (non-hydrogen) atoms. The summed E-state index contributed by atoms with van der Waals surface area (Å²) in [7, 11) is 1.98. The summed E-state index contributed by atoms with van der Waals surface area (Å²) in [5, 5.41) is 3.31. The summed E-state index contributed by atoms with van der Waals surface area (Å²) in [5.74, 6) is 0. The van der Waals surface area contributed by atoms with E-state index in [2.05, 4.69) is 39.2 Å². The molecule has 2 aromatic rings. The minimum atomic E-state index is 0.647. The van der Waals surface area contributed by atoms with Crippen molar-refractivity contribution in [2.45, 2.75) is 26.4 Å². The number of hydrogen-bond acceptors (Lipinski definition) is 4. The zero-order chi connectivity index (χ0) is 14.4. The summed E-state index contributed by atoms with van der Waals surface area (Å²) in [6.45, 7) is 4.64. The molecule has 0 fully saturated rings. The first-order valence-corrected chi connectivity index (χ1v) is 7.59. The Morgan fingerprint density at radius 3 is 2.90 bits per heavy atom. The maximum Gasteiger partial charge on any atom is 0.297 e. The minimum absolute atomic E-state index is 0.647. The molecule has 0 saturated heterocycles. The van der Waals surface area contributed by atoms with E-state index in [1.54, 1.807) is 6.26 Å². The van der Waals surface area contributed by atoms with Gasteiger partial charge in [0.2, 0.25) is 0 Å². The van der Waals surface area contributed by atoms with Gasteiger partial charge >= 0.3 is 0 Å². The van der Waals surface area contributed by atoms with E-state index in [1.807, 2.05) is 30.1 Å². The van der Waals surface area contributed by atoms with E-state index in [-0.39, 0.29) is 0 Å². The summed E-state index contributed by atoms with van der Waals surface area (Å²) < 4.78 is 6.63. The average Bonchev–Trinajstić information content (AvgIpc) is 2.91. The summed E-state index contributed by atoms with van der Waals surface area (Å²) >= 11 is 3.56. The molecule has 5 heteroatoms. The summed E-state index contributed by atoms with van der Waals surface area (Å²) in [6.07, 6.45) is 2.83. The van der Waals surface area contributed by atoms with Crippen LogP contribution < -0.4 is 10.2 Å². The van der Waals surface area contributed by atoms with Gasteiger partial charge in [-0.3, -0.25) is 0 Å². The Kier molecular flexibility index (Phi) is 5.61. The molecule has 0 saturated carbocycles. The van der Waals surface area contributed by atoms with Gasteiger partial charge in [0.15, 0.2) is 0 Å². The number of nitrogens with one attached hydrogen (secondary N) is 1. The maximum absolute atomic E-state index is 5.53. The second-order valence-electron chi connectivity index (χ2n) is 4.75. The highest BCUT2D eigenvalue weighted by atomic mass is 79.9. The minimum Gasteiger partial charge on any atom is -0.432 e. The van der Waals surface area contributed by atoms with Crippen molar-refractivity contribution in [3.8, 4) is 0 Å². The topological polar surface area (TPSA) is 41.3 Å². The summed E-state index contributed by atoms with van der Waals surface area (Å²) in [5.41, 5.74) is 2.14. The Balaban J connectivity index is 1.96. The molecule has 1 aromatic carbocycles. The molecule has 0 aliphatic rings. The number of hydrogen-bond donors (Lipinski definition) is 1. The lowest BCUT2D eigenvalue weighted by Gasteiger charge is -2.15. The molecule has 1 N–H and O–H groups in total. The van der Waals surface area contributed by atoms with Gasteiger partial charge in [-0.1, -0.05) is 41.1 Å².